The maximum atomic E-state index is 12.5. The summed E-state index contributed by atoms with van der Waals surface area (Å²) in [5.74, 6) is 2.56. The largest absolute Gasteiger partial charge is 0.393 e. The minimum Gasteiger partial charge on any atom is -0.393 e. The summed E-state index contributed by atoms with van der Waals surface area (Å²) in [6.45, 7) is 3.37. The fourth-order valence-electron chi connectivity index (χ4n) is 2.73. The van der Waals surface area contributed by atoms with Gasteiger partial charge >= 0.3 is 0 Å². The third-order valence-corrected chi connectivity index (χ3v) is 6.22. The zero-order valence-corrected chi connectivity index (χ0v) is 12.7. The Hall–Kier alpha value is -0.520. The first-order chi connectivity index (χ1) is 9.15. The fraction of sp³-hybridized carbons (Fsp3) is 0.643. The van der Waals surface area contributed by atoms with Crippen molar-refractivity contribution in [1.29, 1.82) is 0 Å². The zero-order chi connectivity index (χ0) is 13.4. The van der Waals surface area contributed by atoms with Gasteiger partial charge in [0.05, 0.1) is 11.0 Å². The van der Waals surface area contributed by atoms with Crippen molar-refractivity contribution in [3.05, 3.63) is 21.4 Å². The van der Waals surface area contributed by atoms with Crippen LogP contribution in [0, 0.1) is 5.92 Å². The van der Waals surface area contributed by atoms with Crippen LogP contribution >= 0.6 is 23.1 Å². The molecular weight excluding hydrogens is 278 g/mol. The lowest BCUT2D eigenvalue weighted by molar-refractivity contribution is 0.0300. The highest BCUT2D eigenvalue weighted by atomic mass is 32.2. The Morgan fingerprint density at radius 2 is 2.37 bits per heavy atom. The molecule has 1 fully saturated rings. The first-order valence-electron chi connectivity index (χ1n) is 6.82. The third kappa shape index (κ3) is 2.69. The highest BCUT2D eigenvalue weighted by Gasteiger charge is 2.29. The molecule has 1 amide bonds. The SMILES string of the molecule is CC1CN(C(=O)c2cc3c(s2)CCSC3)CCC1O. The molecule has 0 radical (unpaired) electrons. The molecule has 2 atom stereocenters. The van der Waals surface area contributed by atoms with Gasteiger partial charge in [0.1, 0.15) is 0 Å². The number of thiophene rings is 1. The van der Waals surface area contributed by atoms with Crippen molar-refractivity contribution < 1.29 is 9.90 Å². The van der Waals surface area contributed by atoms with Crippen molar-refractivity contribution >= 4 is 29.0 Å². The number of carbonyl (C=O) groups excluding carboxylic acids is 1. The summed E-state index contributed by atoms with van der Waals surface area (Å²) in [7, 11) is 0. The Kier molecular flexibility index (Phi) is 3.87. The molecule has 2 aliphatic rings. The molecule has 2 unspecified atom stereocenters. The second-order valence-corrected chi connectivity index (χ2v) is 7.69. The van der Waals surface area contributed by atoms with Gasteiger partial charge in [-0.3, -0.25) is 4.79 Å². The lowest BCUT2D eigenvalue weighted by Crippen LogP contribution is -2.44. The van der Waals surface area contributed by atoms with Crippen molar-refractivity contribution in [1.82, 2.24) is 4.90 Å². The molecule has 0 aliphatic carbocycles. The number of aliphatic hydroxyl groups is 1. The molecule has 2 aliphatic heterocycles. The number of piperidine rings is 1. The third-order valence-electron chi connectivity index (χ3n) is 3.99. The van der Waals surface area contributed by atoms with Crippen LogP contribution in [-0.4, -0.2) is 40.9 Å². The lowest BCUT2D eigenvalue weighted by Gasteiger charge is -2.34. The van der Waals surface area contributed by atoms with Crippen LogP contribution in [0.1, 0.15) is 33.5 Å². The van der Waals surface area contributed by atoms with E-state index in [0.717, 1.165) is 17.1 Å². The van der Waals surface area contributed by atoms with E-state index in [1.54, 1.807) is 11.3 Å². The quantitative estimate of drug-likeness (QED) is 0.865. The summed E-state index contributed by atoms with van der Waals surface area (Å²) < 4.78 is 0. The van der Waals surface area contributed by atoms with E-state index in [-0.39, 0.29) is 17.9 Å². The Labute approximate surface area is 122 Å². The molecule has 0 bridgehead atoms. The first-order valence-corrected chi connectivity index (χ1v) is 8.79. The Balaban J connectivity index is 1.75. The van der Waals surface area contributed by atoms with Crippen LogP contribution in [-0.2, 0) is 12.2 Å². The van der Waals surface area contributed by atoms with Gasteiger partial charge in [0.2, 0.25) is 0 Å². The molecule has 1 aromatic rings. The molecule has 0 saturated carbocycles. The van der Waals surface area contributed by atoms with Crippen molar-refractivity contribution in [2.24, 2.45) is 5.92 Å². The Morgan fingerprint density at radius 1 is 1.53 bits per heavy atom. The van der Waals surface area contributed by atoms with Gasteiger partial charge < -0.3 is 10.0 Å². The number of rotatable bonds is 1. The van der Waals surface area contributed by atoms with Crippen LogP contribution in [0.3, 0.4) is 0 Å². The molecule has 0 aromatic carbocycles. The number of hydrogen-bond donors (Lipinski definition) is 1. The van der Waals surface area contributed by atoms with Gasteiger partial charge in [-0.2, -0.15) is 11.8 Å². The summed E-state index contributed by atoms with van der Waals surface area (Å²) in [5, 5.41) is 9.74. The van der Waals surface area contributed by atoms with Gasteiger partial charge in [0.25, 0.3) is 5.91 Å². The van der Waals surface area contributed by atoms with Crippen molar-refractivity contribution in [2.75, 3.05) is 18.8 Å². The van der Waals surface area contributed by atoms with Gasteiger partial charge in [0, 0.05) is 23.7 Å². The smallest absolute Gasteiger partial charge is 0.263 e. The van der Waals surface area contributed by atoms with Crippen molar-refractivity contribution in [2.45, 2.75) is 31.6 Å². The number of fused-ring (bicyclic) bond motifs is 1. The molecule has 1 saturated heterocycles. The topological polar surface area (TPSA) is 40.5 Å². The monoisotopic (exact) mass is 297 g/mol. The summed E-state index contributed by atoms with van der Waals surface area (Å²) in [6.07, 6.45) is 1.55. The van der Waals surface area contributed by atoms with Crippen molar-refractivity contribution in [3.63, 3.8) is 0 Å². The van der Waals surface area contributed by atoms with Crippen LogP contribution in [0.2, 0.25) is 0 Å². The zero-order valence-electron chi connectivity index (χ0n) is 11.1. The summed E-state index contributed by atoms with van der Waals surface area (Å²) in [4.78, 5) is 16.7. The predicted octanol–water partition coefficient (Wildman–Crippen LogP) is 2.38. The van der Waals surface area contributed by atoms with E-state index < -0.39 is 0 Å². The average Bonchev–Trinajstić information content (AvgIpc) is 2.85. The fourth-order valence-corrected chi connectivity index (χ4v) is 5.07. The van der Waals surface area contributed by atoms with E-state index in [2.05, 4.69) is 6.07 Å². The molecule has 0 spiro atoms. The van der Waals surface area contributed by atoms with Gasteiger partial charge in [-0.25, -0.2) is 0 Å². The van der Waals surface area contributed by atoms with Gasteiger partial charge in [-0.1, -0.05) is 6.92 Å². The first kappa shape index (κ1) is 13.5. The molecule has 104 valence electrons. The average molecular weight is 297 g/mol. The highest BCUT2D eigenvalue weighted by Crippen LogP contribution is 2.32. The van der Waals surface area contributed by atoms with E-state index in [1.807, 2.05) is 23.6 Å². The van der Waals surface area contributed by atoms with Gasteiger partial charge in [-0.05, 0) is 36.1 Å². The van der Waals surface area contributed by atoms with E-state index in [4.69, 9.17) is 0 Å². The number of carbonyl (C=O) groups is 1. The molecule has 3 nitrogen and oxygen atoms in total. The summed E-state index contributed by atoms with van der Waals surface area (Å²) in [5.41, 5.74) is 1.36. The molecule has 3 heterocycles. The number of thioether (sulfide) groups is 1. The van der Waals surface area contributed by atoms with Crippen molar-refractivity contribution in [3.8, 4) is 0 Å². The molecule has 19 heavy (non-hydrogen) atoms. The van der Waals surface area contributed by atoms with Gasteiger partial charge in [0.15, 0.2) is 0 Å². The summed E-state index contributed by atoms with van der Waals surface area (Å²) in [6, 6.07) is 2.09. The number of hydrogen-bond acceptors (Lipinski definition) is 4. The minimum absolute atomic E-state index is 0.156. The van der Waals surface area contributed by atoms with Crippen LogP contribution < -0.4 is 0 Å². The number of likely N-dealkylation sites (tertiary alicyclic amines) is 1. The van der Waals surface area contributed by atoms with E-state index >= 15 is 0 Å². The van der Waals surface area contributed by atoms with E-state index in [0.29, 0.717) is 19.5 Å². The Bertz CT molecular complexity index is 462. The Morgan fingerprint density at radius 3 is 3.11 bits per heavy atom. The normalized spacial score (nSPS) is 27.2. The number of nitrogens with zero attached hydrogens (tertiary/aromatic N) is 1. The maximum absolute atomic E-state index is 12.5. The standard InChI is InChI=1S/C14H19NO2S2/c1-9-7-15(4-2-11(9)16)14(17)13-6-10-8-18-5-3-12(10)19-13/h6,9,11,16H,2-5,7-8H2,1H3. The van der Waals surface area contributed by atoms with Crippen LogP contribution in [0.5, 0.6) is 0 Å². The second-order valence-electron chi connectivity index (χ2n) is 5.45. The molecular formula is C14H19NO2S2. The molecule has 5 heteroatoms. The highest BCUT2D eigenvalue weighted by molar-refractivity contribution is 7.98. The van der Waals surface area contributed by atoms with E-state index in [1.165, 1.54) is 16.2 Å². The van der Waals surface area contributed by atoms with Crippen LogP contribution in [0.4, 0.5) is 0 Å². The molecule has 1 N–H and O–H groups in total. The van der Waals surface area contributed by atoms with Crippen LogP contribution in [0.15, 0.2) is 6.07 Å². The molecule has 1 aromatic heterocycles. The number of amides is 1. The second kappa shape index (κ2) is 5.46. The van der Waals surface area contributed by atoms with Gasteiger partial charge in [-0.15, -0.1) is 11.3 Å². The minimum atomic E-state index is -0.253. The molecule has 3 rings (SSSR count). The van der Waals surface area contributed by atoms with E-state index in [9.17, 15) is 9.90 Å². The lowest BCUT2D eigenvalue weighted by atomic mass is 9.96. The number of aliphatic hydroxyl groups excluding tert-OH is 1. The summed E-state index contributed by atoms with van der Waals surface area (Å²) >= 11 is 3.62. The number of aryl methyl sites for hydroxylation is 1. The predicted molar refractivity (Wildman–Crippen MR) is 79.9 cm³/mol. The van der Waals surface area contributed by atoms with Crippen LogP contribution in [0.25, 0.3) is 0 Å². The maximum Gasteiger partial charge on any atom is 0.263 e.